The predicted molar refractivity (Wildman–Crippen MR) is 90.6 cm³/mol. The van der Waals surface area contributed by atoms with Gasteiger partial charge in [-0.05, 0) is 23.8 Å². The summed E-state index contributed by atoms with van der Waals surface area (Å²) in [5.41, 5.74) is 0.833. The monoisotopic (exact) mass is 328 g/mol. The van der Waals surface area contributed by atoms with Gasteiger partial charge in [-0.25, -0.2) is 4.98 Å². The highest BCUT2D eigenvalue weighted by Crippen LogP contribution is 2.28. The number of likely N-dealkylation sites (N-methyl/N-ethyl adjacent to an activating group) is 1. The van der Waals surface area contributed by atoms with Crippen molar-refractivity contribution < 1.29 is 14.3 Å². The molecule has 0 unspecified atom stereocenters. The van der Waals surface area contributed by atoms with Crippen molar-refractivity contribution in [2.75, 3.05) is 20.8 Å². The van der Waals surface area contributed by atoms with Crippen LogP contribution in [0, 0.1) is 0 Å². The molecule has 0 fully saturated rings. The van der Waals surface area contributed by atoms with E-state index < -0.39 is 0 Å². The predicted octanol–water partition coefficient (Wildman–Crippen LogP) is 2.05. The van der Waals surface area contributed by atoms with E-state index in [-0.39, 0.29) is 5.91 Å². The van der Waals surface area contributed by atoms with Crippen molar-refractivity contribution in [3.63, 3.8) is 0 Å². The van der Waals surface area contributed by atoms with Crippen molar-refractivity contribution in [2.24, 2.45) is 0 Å². The number of nitrogens with zero attached hydrogens (tertiary/aromatic N) is 3. The number of ether oxygens (including phenoxy) is 2. The number of hydrogen-bond donors (Lipinski definition) is 1. The Balaban J connectivity index is 2.02. The van der Waals surface area contributed by atoms with E-state index in [9.17, 15) is 4.79 Å². The standard InChI is InChI=1S/C17H20N4O3/c1-4-9-24-14-7-5-13(10-15(14)23-3)6-8-17(22)21(2)11-16-18-12-19-20-16/h4-8,10,12H,1,9,11H2,2-3H3,(H,18,19,20)/b8-6-. The summed E-state index contributed by atoms with van der Waals surface area (Å²) in [5, 5.41) is 6.47. The van der Waals surface area contributed by atoms with E-state index in [1.165, 1.54) is 17.3 Å². The number of nitrogens with one attached hydrogen (secondary N) is 1. The Kier molecular flexibility index (Phi) is 6.13. The molecule has 1 aromatic heterocycles. The van der Waals surface area contributed by atoms with E-state index >= 15 is 0 Å². The number of aromatic nitrogens is 3. The van der Waals surface area contributed by atoms with Crippen LogP contribution in [0.15, 0.2) is 43.3 Å². The molecule has 0 aliphatic heterocycles. The average molecular weight is 328 g/mol. The highest BCUT2D eigenvalue weighted by molar-refractivity contribution is 5.91. The summed E-state index contributed by atoms with van der Waals surface area (Å²) in [6.07, 6.45) is 6.29. The van der Waals surface area contributed by atoms with Crippen LogP contribution < -0.4 is 9.47 Å². The minimum Gasteiger partial charge on any atom is -0.493 e. The molecule has 126 valence electrons. The van der Waals surface area contributed by atoms with Gasteiger partial charge in [0, 0.05) is 13.1 Å². The molecule has 0 spiro atoms. The second kappa shape index (κ2) is 8.52. The maximum atomic E-state index is 12.1. The average Bonchev–Trinajstić information content (AvgIpc) is 3.10. The lowest BCUT2D eigenvalue weighted by Crippen LogP contribution is -2.24. The number of carbonyl (C=O) groups excluding carboxylic acids is 1. The molecule has 0 aliphatic rings. The Morgan fingerprint density at radius 3 is 2.92 bits per heavy atom. The van der Waals surface area contributed by atoms with Gasteiger partial charge in [-0.3, -0.25) is 9.89 Å². The molecular weight excluding hydrogens is 308 g/mol. The van der Waals surface area contributed by atoms with Crippen molar-refractivity contribution in [2.45, 2.75) is 6.54 Å². The van der Waals surface area contributed by atoms with Crippen molar-refractivity contribution in [3.8, 4) is 11.5 Å². The van der Waals surface area contributed by atoms with Gasteiger partial charge in [0.25, 0.3) is 0 Å². The fourth-order valence-electron chi connectivity index (χ4n) is 1.96. The van der Waals surface area contributed by atoms with Crippen LogP contribution in [0.5, 0.6) is 11.5 Å². The van der Waals surface area contributed by atoms with Crippen molar-refractivity contribution in [3.05, 3.63) is 54.6 Å². The van der Waals surface area contributed by atoms with Gasteiger partial charge in [0.05, 0.1) is 13.7 Å². The summed E-state index contributed by atoms with van der Waals surface area (Å²) in [6, 6.07) is 5.45. The summed E-state index contributed by atoms with van der Waals surface area (Å²) in [4.78, 5) is 17.6. The Morgan fingerprint density at radius 1 is 1.42 bits per heavy atom. The number of amides is 1. The van der Waals surface area contributed by atoms with E-state index in [0.717, 1.165) is 5.56 Å². The Morgan fingerprint density at radius 2 is 2.25 bits per heavy atom. The number of rotatable bonds is 8. The Labute approximate surface area is 140 Å². The highest BCUT2D eigenvalue weighted by atomic mass is 16.5. The maximum absolute atomic E-state index is 12.1. The van der Waals surface area contributed by atoms with Gasteiger partial charge >= 0.3 is 0 Å². The van der Waals surface area contributed by atoms with Crippen LogP contribution in [0.1, 0.15) is 11.4 Å². The topological polar surface area (TPSA) is 80.3 Å². The lowest BCUT2D eigenvalue weighted by molar-refractivity contribution is -0.125. The van der Waals surface area contributed by atoms with Crippen LogP contribution in [0.3, 0.4) is 0 Å². The summed E-state index contributed by atoms with van der Waals surface area (Å²) < 4.78 is 10.8. The molecule has 0 aliphatic carbocycles. The smallest absolute Gasteiger partial charge is 0.246 e. The lowest BCUT2D eigenvalue weighted by Gasteiger charge is -2.13. The van der Waals surface area contributed by atoms with E-state index in [4.69, 9.17) is 9.47 Å². The zero-order chi connectivity index (χ0) is 17.4. The maximum Gasteiger partial charge on any atom is 0.246 e. The molecule has 7 heteroatoms. The minimum absolute atomic E-state index is 0.141. The van der Waals surface area contributed by atoms with Gasteiger partial charge in [-0.1, -0.05) is 18.7 Å². The number of H-pyrrole nitrogens is 1. The zero-order valence-corrected chi connectivity index (χ0v) is 13.7. The molecule has 0 saturated carbocycles. The number of carbonyl (C=O) groups is 1. The SMILES string of the molecule is C=CCOc1ccc(/C=C\C(=O)N(C)Cc2ncn[nH]2)cc1OC. The molecule has 0 saturated heterocycles. The second-order valence-electron chi connectivity index (χ2n) is 4.97. The molecule has 1 N–H and O–H groups in total. The molecule has 1 heterocycles. The summed E-state index contributed by atoms with van der Waals surface area (Å²) in [7, 11) is 3.27. The van der Waals surface area contributed by atoms with Crippen molar-refractivity contribution in [1.29, 1.82) is 0 Å². The van der Waals surface area contributed by atoms with Crippen molar-refractivity contribution in [1.82, 2.24) is 20.1 Å². The van der Waals surface area contributed by atoms with E-state index in [2.05, 4.69) is 21.8 Å². The normalized spacial score (nSPS) is 10.6. The molecule has 0 atom stereocenters. The molecule has 7 nitrogen and oxygen atoms in total. The van der Waals surface area contributed by atoms with Gasteiger partial charge in [0.1, 0.15) is 18.8 Å². The third-order valence-electron chi connectivity index (χ3n) is 3.19. The first-order valence-electron chi connectivity index (χ1n) is 7.33. The van der Waals surface area contributed by atoms with E-state index in [0.29, 0.717) is 30.5 Å². The number of methoxy groups -OCH3 is 1. The first-order chi connectivity index (χ1) is 11.6. The molecule has 0 bridgehead atoms. The van der Waals surface area contributed by atoms with Gasteiger partial charge in [-0.2, -0.15) is 5.10 Å². The molecular formula is C17H20N4O3. The minimum atomic E-state index is -0.141. The van der Waals surface area contributed by atoms with Crippen LogP contribution in [0.4, 0.5) is 0 Å². The number of aromatic amines is 1. The second-order valence-corrected chi connectivity index (χ2v) is 4.97. The molecule has 0 radical (unpaired) electrons. The Bertz CT molecular complexity index is 711. The van der Waals surface area contributed by atoms with Crippen LogP contribution in [-0.2, 0) is 11.3 Å². The number of benzene rings is 1. The summed E-state index contributed by atoms with van der Waals surface area (Å²) in [5.74, 6) is 1.71. The highest BCUT2D eigenvalue weighted by Gasteiger charge is 2.08. The van der Waals surface area contributed by atoms with Crippen LogP contribution in [0.25, 0.3) is 6.08 Å². The van der Waals surface area contributed by atoms with Gasteiger partial charge < -0.3 is 14.4 Å². The summed E-state index contributed by atoms with van der Waals surface area (Å²) in [6.45, 7) is 4.37. The summed E-state index contributed by atoms with van der Waals surface area (Å²) >= 11 is 0. The van der Waals surface area contributed by atoms with E-state index in [1.54, 1.807) is 38.4 Å². The number of hydrogen-bond acceptors (Lipinski definition) is 5. The third kappa shape index (κ3) is 4.70. The largest absolute Gasteiger partial charge is 0.493 e. The van der Waals surface area contributed by atoms with E-state index in [1.807, 2.05) is 6.07 Å². The fraction of sp³-hybridized carbons (Fsp3) is 0.235. The third-order valence-corrected chi connectivity index (χ3v) is 3.19. The zero-order valence-electron chi connectivity index (χ0n) is 13.7. The lowest BCUT2D eigenvalue weighted by atomic mass is 10.2. The molecule has 2 aromatic rings. The van der Waals surface area contributed by atoms with Crippen LogP contribution >= 0.6 is 0 Å². The fourth-order valence-corrected chi connectivity index (χ4v) is 1.96. The quantitative estimate of drug-likeness (QED) is 0.592. The molecule has 24 heavy (non-hydrogen) atoms. The molecule has 1 aromatic carbocycles. The van der Waals surface area contributed by atoms with Crippen molar-refractivity contribution >= 4 is 12.0 Å². The molecule has 2 rings (SSSR count). The van der Waals surface area contributed by atoms with Gasteiger partial charge in [0.2, 0.25) is 5.91 Å². The first kappa shape index (κ1) is 17.3. The Hall–Kier alpha value is -3.09. The van der Waals surface area contributed by atoms with Crippen LogP contribution in [0.2, 0.25) is 0 Å². The van der Waals surface area contributed by atoms with Gasteiger partial charge in [0.15, 0.2) is 11.5 Å². The van der Waals surface area contributed by atoms with Crippen LogP contribution in [-0.4, -0.2) is 46.8 Å². The first-order valence-corrected chi connectivity index (χ1v) is 7.33. The molecule has 1 amide bonds. The van der Waals surface area contributed by atoms with Gasteiger partial charge in [-0.15, -0.1) is 0 Å².